The second-order valence-corrected chi connectivity index (χ2v) is 6.45. The predicted molar refractivity (Wildman–Crippen MR) is 102 cm³/mol. The third kappa shape index (κ3) is 3.14. The van der Waals surface area contributed by atoms with E-state index in [2.05, 4.69) is 16.0 Å². The van der Waals surface area contributed by atoms with Crippen molar-refractivity contribution in [3.05, 3.63) is 52.3 Å². The molecule has 1 fully saturated rings. The number of hydrogen-bond acceptors (Lipinski definition) is 6. The molecule has 4 rings (SSSR count). The Labute approximate surface area is 155 Å². The van der Waals surface area contributed by atoms with Gasteiger partial charge in [-0.05, 0) is 25.0 Å². The largest absolute Gasteiger partial charge is 0.493 e. The molecule has 0 saturated heterocycles. The lowest BCUT2D eigenvalue weighted by Gasteiger charge is -2.13. The lowest BCUT2D eigenvalue weighted by molar-refractivity contribution is -0.384. The van der Waals surface area contributed by atoms with E-state index < -0.39 is 4.92 Å². The Morgan fingerprint density at radius 2 is 1.93 bits per heavy atom. The summed E-state index contributed by atoms with van der Waals surface area (Å²) in [5.74, 6) is 1.61. The molecule has 1 aliphatic carbocycles. The third-order valence-electron chi connectivity index (χ3n) is 4.72. The maximum atomic E-state index is 11.5. The summed E-state index contributed by atoms with van der Waals surface area (Å²) in [5.41, 5.74) is 2.33. The zero-order chi connectivity index (χ0) is 19.0. The van der Waals surface area contributed by atoms with Crippen molar-refractivity contribution in [3.8, 4) is 11.5 Å². The number of imidazole rings is 1. The van der Waals surface area contributed by atoms with E-state index in [0.29, 0.717) is 29.8 Å². The minimum absolute atomic E-state index is 0.0678. The molecule has 0 radical (unpaired) electrons. The van der Waals surface area contributed by atoms with Gasteiger partial charge in [0.25, 0.3) is 5.69 Å². The van der Waals surface area contributed by atoms with Gasteiger partial charge in [0.1, 0.15) is 11.5 Å². The van der Waals surface area contributed by atoms with E-state index >= 15 is 0 Å². The maximum absolute atomic E-state index is 11.5. The van der Waals surface area contributed by atoms with Crippen LogP contribution in [0.5, 0.6) is 11.5 Å². The van der Waals surface area contributed by atoms with Crippen molar-refractivity contribution in [2.24, 2.45) is 0 Å². The first-order valence-electron chi connectivity index (χ1n) is 8.72. The number of nitrogens with zero attached hydrogens (tertiary/aromatic N) is 3. The van der Waals surface area contributed by atoms with Crippen molar-refractivity contribution in [1.82, 2.24) is 9.55 Å². The van der Waals surface area contributed by atoms with E-state index in [-0.39, 0.29) is 5.69 Å². The highest BCUT2D eigenvalue weighted by atomic mass is 16.6. The molecule has 3 aromatic rings. The smallest absolute Gasteiger partial charge is 0.296 e. The van der Waals surface area contributed by atoms with Crippen LogP contribution < -0.4 is 14.8 Å². The highest BCUT2D eigenvalue weighted by Gasteiger charge is 2.28. The zero-order valence-electron chi connectivity index (χ0n) is 15.1. The summed E-state index contributed by atoms with van der Waals surface area (Å²) < 4.78 is 12.7. The summed E-state index contributed by atoms with van der Waals surface area (Å²) >= 11 is 0. The van der Waals surface area contributed by atoms with Crippen LogP contribution in [-0.2, 0) is 6.54 Å². The number of para-hydroxylation sites is 2. The molecule has 8 nitrogen and oxygen atoms in total. The van der Waals surface area contributed by atoms with Gasteiger partial charge in [-0.1, -0.05) is 12.1 Å². The standard InChI is InChI=1S/C19H20N4O4/c1-26-17-9-14(16(23(24)25)10-18(17)27-2)20-11-19-21-13-5-3-4-6-15(13)22(19)12-7-8-12/h3-6,9-10,12,20H,7-8,11H2,1-2H3. The van der Waals surface area contributed by atoms with Gasteiger partial charge in [-0.2, -0.15) is 0 Å². The van der Waals surface area contributed by atoms with Crippen molar-refractivity contribution in [1.29, 1.82) is 0 Å². The summed E-state index contributed by atoms with van der Waals surface area (Å²) in [4.78, 5) is 15.8. The van der Waals surface area contributed by atoms with Gasteiger partial charge in [-0.25, -0.2) is 4.98 Å². The second-order valence-electron chi connectivity index (χ2n) is 6.45. The summed E-state index contributed by atoms with van der Waals surface area (Å²) in [6.45, 7) is 0.376. The van der Waals surface area contributed by atoms with E-state index in [0.717, 1.165) is 29.7 Å². The molecule has 140 valence electrons. The van der Waals surface area contributed by atoms with Crippen molar-refractivity contribution in [3.63, 3.8) is 0 Å². The number of nitro groups is 1. The first kappa shape index (κ1) is 17.1. The van der Waals surface area contributed by atoms with Gasteiger partial charge < -0.3 is 19.4 Å². The number of anilines is 1. The zero-order valence-corrected chi connectivity index (χ0v) is 15.1. The van der Waals surface area contributed by atoms with Crippen LogP contribution in [0.1, 0.15) is 24.7 Å². The van der Waals surface area contributed by atoms with Crippen LogP contribution in [0.2, 0.25) is 0 Å². The Kier molecular flexibility index (Phi) is 4.31. The number of benzene rings is 2. The van der Waals surface area contributed by atoms with Crippen molar-refractivity contribution in [2.45, 2.75) is 25.4 Å². The Bertz CT molecular complexity index is 1010. The first-order chi connectivity index (χ1) is 13.1. The second kappa shape index (κ2) is 6.79. The number of nitrogens with one attached hydrogen (secondary N) is 1. The quantitative estimate of drug-likeness (QED) is 0.502. The van der Waals surface area contributed by atoms with Crippen LogP contribution in [-0.4, -0.2) is 28.7 Å². The number of hydrogen-bond donors (Lipinski definition) is 1. The topological polar surface area (TPSA) is 91.5 Å². The molecule has 0 unspecified atom stereocenters. The molecule has 1 aromatic heterocycles. The molecule has 0 amide bonds. The fraction of sp³-hybridized carbons (Fsp3) is 0.316. The van der Waals surface area contributed by atoms with Crippen LogP contribution in [0, 0.1) is 10.1 Å². The molecule has 1 N–H and O–H groups in total. The highest BCUT2D eigenvalue weighted by molar-refractivity contribution is 5.76. The van der Waals surface area contributed by atoms with Gasteiger partial charge in [-0.15, -0.1) is 0 Å². The molecule has 1 saturated carbocycles. The summed E-state index contributed by atoms with van der Waals surface area (Å²) in [6.07, 6.45) is 2.26. The Morgan fingerprint density at radius 3 is 2.59 bits per heavy atom. The monoisotopic (exact) mass is 368 g/mol. The molecular formula is C19H20N4O4. The minimum Gasteiger partial charge on any atom is -0.493 e. The molecule has 0 atom stereocenters. The average Bonchev–Trinajstić information content (AvgIpc) is 3.45. The molecule has 0 bridgehead atoms. The van der Waals surface area contributed by atoms with Gasteiger partial charge >= 0.3 is 0 Å². The number of methoxy groups -OCH3 is 2. The highest BCUT2D eigenvalue weighted by Crippen LogP contribution is 2.40. The van der Waals surface area contributed by atoms with Crippen LogP contribution in [0.4, 0.5) is 11.4 Å². The summed E-state index contributed by atoms with van der Waals surface area (Å²) in [7, 11) is 2.95. The average molecular weight is 368 g/mol. The molecule has 1 heterocycles. The van der Waals surface area contributed by atoms with E-state index in [4.69, 9.17) is 14.5 Å². The van der Waals surface area contributed by atoms with Gasteiger partial charge in [-0.3, -0.25) is 10.1 Å². The number of aromatic nitrogens is 2. The molecule has 8 heteroatoms. The van der Waals surface area contributed by atoms with Crippen molar-refractivity contribution in [2.75, 3.05) is 19.5 Å². The predicted octanol–water partition coefficient (Wildman–Crippen LogP) is 3.91. The molecular weight excluding hydrogens is 348 g/mol. The number of ether oxygens (including phenoxy) is 2. The maximum Gasteiger partial charge on any atom is 0.296 e. The summed E-state index contributed by atoms with van der Waals surface area (Å²) in [5, 5.41) is 14.6. The molecule has 27 heavy (non-hydrogen) atoms. The Morgan fingerprint density at radius 1 is 1.22 bits per heavy atom. The number of nitro benzene ring substituents is 1. The van der Waals surface area contributed by atoms with Gasteiger partial charge in [0, 0.05) is 12.1 Å². The fourth-order valence-electron chi connectivity index (χ4n) is 3.29. The van der Waals surface area contributed by atoms with Crippen molar-refractivity contribution >= 4 is 22.4 Å². The lowest BCUT2D eigenvalue weighted by atomic mass is 10.2. The first-order valence-corrected chi connectivity index (χ1v) is 8.72. The van der Waals surface area contributed by atoms with Gasteiger partial charge in [0.2, 0.25) is 0 Å². The van der Waals surface area contributed by atoms with E-state index in [1.807, 2.05) is 18.2 Å². The van der Waals surface area contributed by atoms with E-state index in [9.17, 15) is 10.1 Å². The normalized spacial score (nSPS) is 13.6. The van der Waals surface area contributed by atoms with Gasteiger partial charge in [0.05, 0.1) is 42.8 Å². The molecule has 0 aliphatic heterocycles. The Balaban J connectivity index is 1.69. The van der Waals surface area contributed by atoms with E-state index in [1.54, 1.807) is 6.07 Å². The molecule has 2 aromatic carbocycles. The fourth-order valence-corrected chi connectivity index (χ4v) is 3.29. The van der Waals surface area contributed by atoms with Crippen LogP contribution in [0.3, 0.4) is 0 Å². The summed E-state index contributed by atoms with van der Waals surface area (Å²) in [6, 6.07) is 11.4. The molecule has 1 aliphatic rings. The van der Waals surface area contributed by atoms with Crippen LogP contribution in [0.25, 0.3) is 11.0 Å². The van der Waals surface area contributed by atoms with Crippen molar-refractivity contribution < 1.29 is 14.4 Å². The van der Waals surface area contributed by atoms with Crippen LogP contribution >= 0.6 is 0 Å². The number of fused-ring (bicyclic) bond motifs is 1. The van der Waals surface area contributed by atoms with Crippen LogP contribution in [0.15, 0.2) is 36.4 Å². The molecule has 0 spiro atoms. The van der Waals surface area contributed by atoms with E-state index in [1.165, 1.54) is 20.3 Å². The minimum atomic E-state index is -0.436. The SMILES string of the molecule is COc1cc(NCc2nc3ccccc3n2C2CC2)c([N+](=O)[O-])cc1OC. The lowest BCUT2D eigenvalue weighted by Crippen LogP contribution is -2.09. The Hall–Kier alpha value is -3.29. The number of rotatable bonds is 7. The third-order valence-corrected chi connectivity index (χ3v) is 4.72. The van der Waals surface area contributed by atoms with Gasteiger partial charge in [0.15, 0.2) is 11.5 Å².